The Balaban J connectivity index is 1.17. The van der Waals surface area contributed by atoms with Crippen molar-refractivity contribution in [2.75, 3.05) is 38.2 Å². The van der Waals surface area contributed by atoms with E-state index in [1.54, 1.807) is 4.90 Å². The van der Waals surface area contributed by atoms with Crippen molar-refractivity contribution in [1.29, 1.82) is 0 Å². The van der Waals surface area contributed by atoms with Gasteiger partial charge in [0.05, 0.1) is 19.3 Å². The highest BCUT2D eigenvalue weighted by molar-refractivity contribution is 5.76. The quantitative estimate of drug-likeness (QED) is 0.337. The van der Waals surface area contributed by atoms with E-state index in [0.717, 1.165) is 37.3 Å². The number of aliphatic carboxylic acids is 1. The van der Waals surface area contributed by atoms with Gasteiger partial charge in [-0.2, -0.15) is 0 Å². The maximum absolute atomic E-state index is 15.3. The topological polar surface area (TPSA) is 83.9 Å². The van der Waals surface area contributed by atoms with Crippen LogP contribution in [0.2, 0.25) is 0 Å². The number of nitrogens with zero attached hydrogens (tertiary/aromatic N) is 2. The van der Waals surface area contributed by atoms with Gasteiger partial charge in [-0.25, -0.2) is 18.2 Å². The Morgan fingerprint density at radius 3 is 2.92 bits per heavy atom. The molecule has 2 N–H and O–H groups in total. The van der Waals surface area contributed by atoms with Gasteiger partial charge in [-0.15, -0.1) is 0 Å². The largest absolute Gasteiger partial charge is 0.480 e. The second-order valence-electron chi connectivity index (χ2n) is 11.2. The van der Waals surface area contributed by atoms with Gasteiger partial charge in [0.25, 0.3) is 5.92 Å². The Morgan fingerprint density at radius 2 is 2.12 bits per heavy atom. The van der Waals surface area contributed by atoms with E-state index in [0.29, 0.717) is 38.0 Å². The summed E-state index contributed by atoms with van der Waals surface area (Å²) in [5, 5.41) is 13.4. The molecular formula is C30H38F3N3O4. The molecule has 0 unspecified atom stereocenters. The smallest absolute Gasteiger partial charge is 0.325 e. The molecule has 0 amide bonds. The first kappa shape index (κ1) is 28.8. The van der Waals surface area contributed by atoms with Crippen molar-refractivity contribution in [2.45, 2.75) is 76.0 Å². The summed E-state index contributed by atoms with van der Waals surface area (Å²) in [6.45, 7) is 2.22. The number of aryl methyl sites for hydroxylation is 2. The zero-order chi connectivity index (χ0) is 28.1. The van der Waals surface area contributed by atoms with Crippen LogP contribution < -0.4 is 5.32 Å². The monoisotopic (exact) mass is 561 g/mol. The molecule has 2 aromatic rings. The van der Waals surface area contributed by atoms with Crippen LogP contribution in [0.5, 0.6) is 0 Å². The molecule has 3 aliphatic rings. The predicted molar refractivity (Wildman–Crippen MR) is 144 cm³/mol. The van der Waals surface area contributed by atoms with E-state index in [-0.39, 0.29) is 44.2 Å². The van der Waals surface area contributed by atoms with Crippen LogP contribution in [0.1, 0.15) is 67.0 Å². The number of rotatable bonds is 12. The Kier molecular flexibility index (Phi) is 9.27. The van der Waals surface area contributed by atoms with Crippen molar-refractivity contribution < 1.29 is 32.5 Å². The number of anilines is 1. The van der Waals surface area contributed by atoms with Crippen LogP contribution in [-0.2, 0) is 33.7 Å². The number of unbranched alkanes of at least 4 members (excludes halogenated alkanes) is 1. The highest BCUT2D eigenvalue weighted by Crippen LogP contribution is 2.40. The van der Waals surface area contributed by atoms with E-state index >= 15 is 8.78 Å². The predicted octanol–water partition coefficient (Wildman–Crippen LogP) is 5.38. The fraction of sp³-hybridized carbons (Fsp3) is 0.600. The summed E-state index contributed by atoms with van der Waals surface area (Å²) in [5.74, 6) is -4.72. The zero-order valence-electron chi connectivity index (χ0n) is 22.7. The van der Waals surface area contributed by atoms with Gasteiger partial charge >= 0.3 is 5.97 Å². The number of ether oxygens (including phenoxy) is 2. The van der Waals surface area contributed by atoms with E-state index < -0.39 is 29.7 Å². The lowest BCUT2D eigenvalue weighted by molar-refractivity contribution is -0.143. The van der Waals surface area contributed by atoms with Crippen LogP contribution in [0.4, 0.5) is 19.0 Å². The maximum atomic E-state index is 15.3. The van der Waals surface area contributed by atoms with Crippen LogP contribution in [0, 0.1) is 11.7 Å². The second kappa shape index (κ2) is 12.9. The van der Waals surface area contributed by atoms with Gasteiger partial charge < -0.3 is 19.9 Å². The van der Waals surface area contributed by atoms with E-state index in [4.69, 9.17) is 9.47 Å². The standard InChI is InChI=1S/C30H38F3N3O4/c31-23-8-6-21(18-40-25-11-15-39-19-25)26(16-23)27(29(37)38)36-14-10-22(17-36)30(32,33)12-2-1-5-24-9-7-20-4-3-13-34-28(20)35-24/h6-9,16,22,25,27H,1-5,10-15,17-19H2,(H,34,35)(H,37,38)/t22-,25-,27+/m1/s1. The van der Waals surface area contributed by atoms with E-state index in [1.165, 1.54) is 23.8 Å². The van der Waals surface area contributed by atoms with Crippen LogP contribution in [0.3, 0.4) is 0 Å². The number of alkyl halides is 2. The molecule has 0 bridgehead atoms. The Morgan fingerprint density at radius 1 is 1.25 bits per heavy atom. The van der Waals surface area contributed by atoms with Gasteiger partial charge in [0, 0.05) is 37.7 Å². The summed E-state index contributed by atoms with van der Waals surface area (Å²) >= 11 is 0. The third-order valence-corrected chi connectivity index (χ3v) is 8.33. The second-order valence-corrected chi connectivity index (χ2v) is 11.2. The first-order chi connectivity index (χ1) is 19.3. The highest BCUT2D eigenvalue weighted by Gasteiger charge is 2.45. The number of hydrogen-bond donors (Lipinski definition) is 2. The van der Waals surface area contributed by atoms with Crippen molar-refractivity contribution in [1.82, 2.24) is 9.88 Å². The van der Waals surface area contributed by atoms with Gasteiger partial charge in [0.1, 0.15) is 17.7 Å². The van der Waals surface area contributed by atoms with Crippen LogP contribution in [0.25, 0.3) is 0 Å². The average molecular weight is 562 g/mol. The van der Waals surface area contributed by atoms with Crippen molar-refractivity contribution in [2.24, 2.45) is 5.92 Å². The minimum absolute atomic E-state index is 0.0602. The molecule has 0 saturated carbocycles. The minimum atomic E-state index is -2.92. The normalized spacial score (nSPS) is 22.2. The minimum Gasteiger partial charge on any atom is -0.480 e. The zero-order valence-corrected chi connectivity index (χ0v) is 22.7. The van der Waals surface area contributed by atoms with Crippen LogP contribution >= 0.6 is 0 Å². The van der Waals surface area contributed by atoms with Crippen molar-refractivity contribution in [3.8, 4) is 0 Å². The number of carboxylic acid groups (broad SMARTS) is 1. The molecule has 7 nitrogen and oxygen atoms in total. The Hall–Kier alpha value is -2.69. The highest BCUT2D eigenvalue weighted by atomic mass is 19.3. The molecule has 0 radical (unpaired) electrons. The summed E-state index contributed by atoms with van der Waals surface area (Å²) in [4.78, 5) is 18.6. The fourth-order valence-corrected chi connectivity index (χ4v) is 6.04. The Labute approximate surface area is 233 Å². The molecule has 218 valence electrons. The van der Waals surface area contributed by atoms with Gasteiger partial charge in [0.2, 0.25) is 0 Å². The molecule has 5 rings (SSSR count). The summed E-state index contributed by atoms with van der Waals surface area (Å²) in [6.07, 6.45) is 4.27. The van der Waals surface area contributed by atoms with Crippen molar-refractivity contribution in [3.63, 3.8) is 0 Å². The number of fused-ring (bicyclic) bond motifs is 1. The molecule has 2 saturated heterocycles. The van der Waals surface area contributed by atoms with Gasteiger partial charge in [0.15, 0.2) is 0 Å². The molecule has 3 aliphatic heterocycles. The molecule has 0 aliphatic carbocycles. The lowest BCUT2D eigenvalue weighted by atomic mass is 9.94. The fourth-order valence-electron chi connectivity index (χ4n) is 6.04. The Bertz CT molecular complexity index is 1170. The number of hydrogen-bond acceptors (Lipinski definition) is 6. The molecular weight excluding hydrogens is 523 g/mol. The SMILES string of the molecule is O=C(O)[C@H](c1cc(F)ccc1CO[C@@H]1CCOC1)N1CC[C@@H](C(F)(F)CCCCc2ccc3c(n2)NCCC3)C1. The molecule has 10 heteroatoms. The number of nitrogens with one attached hydrogen (secondary N) is 1. The summed E-state index contributed by atoms with van der Waals surface area (Å²) in [6, 6.07) is 6.81. The van der Waals surface area contributed by atoms with Crippen molar-refractivity contribution in [3.05, 3.63) is 58.5 Å². The van der Waals surface area contributed by atoms with Gasteiger partial charge in [-0.1, -0.05) is 12.1 Å². The molecule has 0 spiro atoms. The van der Waals surface area contributed by atoms with E-state index in [2.05, 4.69) is 16.4 Å². The summed E-state index contributed by atoms with van der Waals surface area (Å²) < 4.78 is 56.0. The molecule has 1 aromatic heterocycles. The third kappa shape index (κ3) is 6.95. The lowest BCUT2D eigenvalue weighted by Gasteiger charge is -2.28. The summed E-state index contributed by atoms with van der Waals surface area (Å²) in [7, 11) is 0. The maximum Gasteiger partial charge on any atom is 0.325 e. The molecule has 2 fully saturated rings. The number of benzene rings is 1. The average Bonchev–Trinajstić information content (AvgIpc) is 3.64. The lowest BCUT2D eigenvalue weighted by Crippen LogP contribution is -2.36. The van der Waals surface area contributed by atoms with Gasteiger partial charge in [-0.05, 0) is 86.4 Å². The number of carbonyl (C=O) groups is 1. The van der Waals surface area contributed by atoms with E-state index in [1.807, 2.05) is 6.07 Å². The molecule has 40 heavy (non-hydrogen) atoms. The number of halogens is 3. The number of pyridine rings is 1. The molecule has 1 aromatic carbocycles. The van der Waals surface area contributed by atoms with Crippen molar-refractivity contribution >= 4 is 11.8 Å². The number of likely N-dealkylation sites (tertiary alicyclic amines) is 1. The van der Waals surface area contributed by atoms with Crippen LogP contribution in [0.15, 0.2) is 30.3 Å². The first-order valence-electron chi connectivity index (χ1n) is 14.3. The van der Waals surface area contributed by atoms with Crippen LogP contribution in [-0.4, -0.2) is 65.8 Å². The van der Waals surface area contributed by atoms with Gasteiger partial charge in [-0.3, -0.25) is 9.69 Å². The molecule has 4 heterocycles. The third-order valence-electron chi connectivity index (χ3n) is 8.33. The number of aromatic nitrogens is 1. The summed E-state index contributed by atoms with van der Waals surface area (Å²) in [5.41, 5.74) is 2.90. The van der Waals surface area contributed by atoms with E-state index in [9.17, 15) is 14.3 Å². The molecule has 3 atom stereocenters. The number of carboxylic acids is 1. The first-order valence-corrected chi connectivity index (χ1v) is 14.3.